The molecule has 0 N–H and O–H groups in total. The number of hydrogen-bond donors (Lipinski definition) is 0. The molecule has 272 valence electrons. The van der Waals surface area contributed by atoms with E-state index in [4.69, 9.17) is 0 Å². The fourth-order valence-electron chi connectivity index (χ4n) is 7.09. The number of nitriles is 10. The van der Waals surface area contributed by atoms with Gasteiger partial charge in [0.2, 0.25) is 0 Å². The second kappa shape index (κ2) is 15.9. The third-order valence-electron chi connectivity index (χ3n) is 9.54. The predicted molar refractivity (Wildman–Crippen MR) is 213 cm³/mol. The monoisotopic (exact) mass is 770 g/mol. The van der Waals surface area contributed by atoms with Crippen LogP contribution in [0.5, 0.6) is 0 Å². The predicted octanol–water partition coefficient (Wildman–Crippen LogP) is 9.67. The minimum Gasteiger partial charge on any atom is -0.205 e. The molecule has 60 heavy (non-hydrogen) atoms. The van der Waals surface area contributed by atoms with Gasteiger partial charge in [-0.15, -0.1) is 0 Å². The summed E-state index contributed by atoms with van der Waals surface area (Å²) < 4.78 is 34.9. The summed E-state index contributed by atoms with van der Waals surface area (Å²) in [4.78, 5) is 0. The summed E-state index contributed by atoms with van der Waals surface area (Å²) in [6.45, 7) is 7.72. The number of nitrogens with zero attached hydrogens (tertiary/aromatic N) is 10. The van der Waals surface area contributed by atoms with Crippen LogP contribution in [0.2, 0.25) is 0 Å². The van der Waals surface area contributed by atoms with Crippen LogP contribution < -0.4 is 0 Å². The third-order valence-corrected chi connectivity index (χ3v) is 9.54. The van der Waals surface area contributed by atoms with Crippen molar-refractivity contribution in [1.29, 1.82) is 52.6 Å². The summed E-state index contributed by atoms with van der Waals surface area (Å²) in [7, 11) is 0. The molecule has 2 aliphatic rings. The van der Waals surface area contributed by atoms with Gasteiger partial charge in [-0.25, -0.2) is 8.78 Å². The number of allylic oxidation sites excluding steroid dienone is 12. The van der Waals surface area contributed by atoms with E-state index in [9.17, 15) is 52.6 Å². The molecule has 4 aromatic carbocycles. The van der Waals surface area contributed by atoms with E-state index >= 15 is 8.78 Å². The maximum atomic E-state index is 17.4. The molecule has 0 unspecified atom stereocenters. The first kappa shape index (κ1) is 39.5. The van der Waals surface area contributed by atoms with Gasteiger partial charge in [-0.2, -0.15) is 52.6 Å². The van der Waals surface area contributed by atoms with Crippen LogP contribution in [-0.2, 0) is 0 Å². The fraction of sp³-hybridized carbons (Fsp3) is 0. The second-order valence-electron chi connectivity index (χ2n) is 12.8. The van der Waals surface area contributed by atoms with Crippen molar-refractivity contribution < 1.29 is 8.78 Å². The Morgan fingerprint density at radius 3 is 1.18 bits per heavy atom. The van der Waals surface area contributed by atoms with Crippen LogP contribution in [0.1, 0.15) is 66.8 Å². The van der Waals surface area contributed by atoms with Gasteiger partial charge in [0.25, 0.3) is 0 Å². The van der Waals surface area contributed by atoms with E-state index in [-0.39, 0.29) is 89.0 Å². The first-order valence-electron chi connectivity index (χ1n) is 17.0. The molecular weight excluding hydrogens is 755 g/mol. The molecule has 10 nitrogen and oxygen atoms in total. The lowest BCUT2D eigenvalue weighted by molar-refractivity contribution is 0.682. The van der Waals surface area contributed by atoms with Crippen molar-refractivity contribution in [3.63, 3.8) is 0 Å². The van der Waals surface area contributed by atoms with Crippen molar-refractivity contribution in [3.05, 3.63) is 170 Å². The van der Waals surface area contributed by atoms with Gasteiger partial charge in [-0.3, -0.25) is 0 Å². The summed E-state index contributed by atoms with van der Waals surface area (Å²) >= 11 is 0. The molecule has 0 spiro atoms. The highest BCUT2D eigenvalue weighted by atomic mass is 19.1. The Hall–Kier alpha value is -10.2. The normalized spacial score (nSPS) is 13.7. The fourth-order valence-corrected chi connectivity index (χ4v) is 7.09. The van der Waals surface area contributed by atoms with E-state index in [2.05, 4.69) is 13.2 Å². The minimum atomic E-state index is -1.25. The number of hydrogen-bond acceptors (Lipinski definition) is 10. The molecule has 6 rings (SSSR count). The molecule has 2 aliphatic carbocycles. The molecule has 0 fully saturated rings. The lowest BCUT2D eigenvalue weighted by Gasteiger charge is -2.23. The van der Waals surface area contributed by atoms with Crippen LogP contribution in [0.15, 0.2) is 103 Å². The average Bonchev–Trinajstić information content (AvgIpc) is 3.73. The first-order valence-corrected chi connectivity index (χ1v) is 17.0. The topological polar surface area (TPSA) is 238 Å². The Morgan fingerprint density at radius 2 is 0.850 bits per heavy atom. The van der Waals surface area contributed by atoms with Crippen LogP contribution in [-0.4, -0.2) is 0 Å². The molecule has 0 radical (unpaired) electrons. The van der Waals surface area contributed by atoms with Crippen molar-refractivity contribution in [3.8, 4) is 71.8 Å². The molecule has 0 aliphatic heterocycles. The van der Waals surface area contributed by atoms with Gasteiger partial charge < -0.3 is 0 Å². The molecule has 4 aromatic rings. The number of halogens is 2. The molecule has 0 amide bonds. The van der Waals surface area contributed by atoms with Crippen molar-refractivity contribution in [2.24, 2.45) is 0 Å². The van der Waals surface area contributed by atoms with Gasteiger partial charge in [0.1, 0.15) is 24.3 Å². The maximum absolute atomic E-state index is 17.4. The minimum absolute atomic E-state index is 0.0659. The summed E-state index contributed by atoms with van der Waals surface area (Å²) in [5.41, 5.74) is -4.99. The van der Waals surface area contributed by atoms with Crippen LogP contribution in [0.3, 0.4) is 0 Å². The Bertz CT molecular complexity index is 3120. The highest BCUT2D eigenvalue weighted by molar-refractivity contribution is 6.24. The van der Waals surface area contributed by atoms with E-state index in [1.807, 2.05) is 60.7 Å². The highest BCUT2D eigenvalue weighted by Crippen LogP contribution is 2.60. The van der Waals surface area contributed by atoms with E-state index in [1.165, 1.54) is 72.8 Å². The molecule has 0 saturated carbocycles. The van der Waals surface area contributed by atoms with E-state index < -0.39 is 45.1 Å². The zero-order valence-corrected chi connectivity index (χ0v) is 30.6. The van der Waals surface area contributed by atoms with Crippen molar-refractivity contribution >= 4 is 39.0 Å². The Kier molecular flexibility index (Phi) is 10.5. The van der Waals surface area contributed by atoms with Crippen molar-refractivity contribution in [1.82, 2.24) is 0 Å². The van der Waals surface area contributed by atoms with Gasteiger partial charge in [-0.05, 0) is 88.0 Å². The Morgan fingerprint density at radius 1 is 0.450 bits per heavy atom. The number of fused-ring (bicyclic) bond motifs is 2. The zero-order valence-electron chi connectivity index (χ0n) is 30.6. The van der Waals surface area contributed by atoms with E-state index in [0.29, 0.717) is 0 Å². The SMILES string of the molecule is C=C(C#N)/C=C\C(=C)c1c2c(c(-c3ccc(C#N)cc3)c3c1C(C#N)=C(F)/C3=C(/C#N)c1cc(C#N)cc(C#N)c1)/C(=C(\C#N)c1cc(C#N)cc(C#N)c1)C(F)=C2C#N. The first-order chi connectivity index (χ1) is 29.0. The zero-order chi connectivity index (χ0) is 43.4. The Balaban J connectivity index is 2.00. The molecule has 0 saturated heterocycles. The van der Waals surface area contributed by atoms with Crippen LogP contribution in [0.4, 0.5) is 8.78 Å². The van der Waals surface area contributed by atoms with Crippen LogP contribution in [0, 0.1) is 113 Å². The quantitative estimate of drug-likeness (QED) is 0.133. The molecule has 12 heteroatoms. The summed E-state index contributed by atoms with van der Waals surface area (Å²) in [6, 6.07) is 32.0. The second-order valence-corrected chi connectivity index (χ2v) is 12.8. The number of rotatable bonds is 6. The van der Waals surface area contributed by atoms with Crippen LogP contribution >= 0.6 is 0 Å². The van der Waals surface area contributed by atoms with Crippen molar-refractivity contribution in [2.75, 3.05) is 0 Å². The molecule has 0 heterocycles. The largest absolute Gasteiger partial charge is 0.205 e. The molecule has 0 bridgehead atoms. The molecule has 0 atom stereocenters. The number of benzene rings is 4. The molecule has 0 aromatic heterocycles. The third kappa shape index (κ3) is 6.32. The lowest BCUT2D eigenvalue weighted by Crippen LogP contribution is -2.06. The van der Waals surface area contributed by atoms with Gasteiger partial charge >= 0.3 is 0 Å². The summed E-state index contributed by atoms with van der Waals surface area (Å²) in [6.07, 6.45) is 2.51. The highest BCUT2D eigenvalue weighted by Gasteiger charge is 2.44. The van der Waals surface area contributed by atoms with Crippen LogP contribution in [0.25, 0.3) is 50.1 Å². The maximum Gasteiger partial charge on any atom is 0.150 e. The average molecular weight is 771 g/mol. The van der Waals surface area contributed by atoms with Gasteiger partial charge in [-0.1, -0.05) is 31.4 Å². The van der Waals surface area contributed by atoms with Gasteiger partial charge in [0, 0.05) is 39.0 Å². The smallest absolute Gasteiger partial charge is 0.150 e. The lowest BCUT2D eigenvalue weighted by atomic mass is 9.77. The summed E-state index contributed by atoms with van der Waals surface area (Å²) in [5.74, 6) is -2.50. The molecular formula is C48H16F2N10. The summed E-state index contributed by atoms with van der Waals surface area (Å²) in [5, 5.41) is 101. The van der Waals surface area contributed by atoms with Gasteiger partial charge in [0.15, 0.2) is 11.7 Å². The van der Waals surface area contributed by atoms with E-state index in [0.717, 1.165) is 0 Å². The van der Waals surface area contributed by atoms with Gasteiger partial charge in [0.05, 0.1) is 86.5 Å². The standard InChI is InChI=1S/C48H16F2N10/c1-25(15-51)3-4-26(2)39-41-37(23-59)47(49)43(35(21-57)33-11-28(17-53)9-29(12-33)18-54)45(41)40(32-7-5-27(16-52)6-8-32)46-42(39)38(24-60)48(50)44(46)36(22-58)34-13-30(19-55)10-31(14-34)20-56/h3-14H,1-2H2/b4-3-,43-35-,44-36-. The Labute approximate surface area is 341 Å². The van der Waals surface area contributed by atoms with Crippen molar-refractivity contribution in [2.45, 2.75) is 0 Å². The van der Waals surface area contributed by atoms with E-state index in [1.54, 1.807) is 0 Å².